The zero-order valence-corrected chi connectivity index (χ0v) is 12.4. The fourth-order valence-electron chi connectivity index (χ4n) is 2.83. The molecule has 0 unspecified atom stereocenters. The molecule has 1 aromatic heterocycles. The molecule has 2 aromatic rings. The van der Waals surface area contributed by atoms with Gasteiger partial charge in [-0.2, -0.15) is 5.10 Å². The van der Waals surface area contributed by atoms with Gasteiger partial charge >= 0.3 is 0 Å². The number of nitrogens with zero attached hydrogens (tertiary/aromatic N) is 3. The van der Waals surface area contributed by atoms with Gasteiger partial charge in [0.1, 0.15) is 0 Å². The van der Waals surface area contributed by atoms with E-state index in [0.717, 1.165) is 5.56 Å². The molecule has 23 heavy (non-hydrogen) atoms. The second-order valence-electron chi connectivity index (χ2n) is 5.45. The molecule has 0 bridgehead atoms. The Bertz CT molecular complexity index is 853. The number of fused-ring (bicyclic) bond motifs is 1. The predicted octanol–water partition coefficient (Wildman–Crippen LogP) is 1.71. The number of nitrogens with two attached hydrogens (primary N) is 1. The van der Waals surface area contributed by atoms with E-state index in [1.807, 2.05) is 0 Å². The lowest BCUT2D eigenvalue weighted by molar-refractivity contribution is -0.384. The molecule has 8 nitrogen and oxygen atoms in total. The molecule has 2 N–H and O–H groups in total. The van der Waals surface area contributed by atoms with E-state index < -0.39 is 10.8 Å². The van der Waals surface area contributed by atoms with Crippen LogP contribution in [0.5, 0.6) is 0 Å². The lowest BCUT2D eigenvalue weighted by atomic mass is 9.94. The van der Waals surface area contributed by atoms with Crippen molar-refractivity contribution in [2.75, 3.05) is 0 Å². The van der Waals surface area contributed by atoms with E-state index in [1.54, 1.807) is 13.0 Å². The van der Waals surface area contributed by atoms with Crippen LogP contribution in [0.4, 0.5) is 5.69 Å². The highest BCUT2D eigenvalue weighted by Crippen LogP contribution is 2.29. The van der Waals surface area contributed by atoms with Crippen LogP contribution in [-0.4, -0.2) is 26.4 Å². The van der Waals surface area contributed by atoms with Crippen LogP contribution in [0.2, 0.25) is 0 Å². The standard InChI is InChI=1S/C15H14N4O4/c1-8-5-6-9(19(22)23)7-11(8)18-10-3-2-4-12(20)13(10)14(17-18)15(16)21/h5-7H,2-4H2,1H3,(H2,16,21). The van der Waals surface area contributed by atoms with E-state index in [1.165, 1.54) is 16.8 Å². The van der Waals surface area contributed by atoms with Crippen molar-refractivity contribution in [3.63, 3.8) is 0 Å². The number of benzene rings is 1. The second-order valence-corrected chi connectivity index (χ2v) is 5.45. The number of nitro benzene ring substituents is 1. The number of primary amides is 1. The van der Waals surface area contributed by atoms with Gasteiger partial charge in [-0.15, -0.1) is 0 Å². The van der Waals surface area contributed by atoms with Crippen molar-refractivity contribution in [3.05, 3.63) is 50.8 Å². The predicted molar refractivity (Wildman–Crippen MR) is 80.7 cm³/mol. The van der Waals surface area contributed by atoms with E-state index in [4.69, 9.17) is 5.73 Å². The molecular weight excluding hydrogens is 300 g/mol. The monoisotopic (exact) mass is 314 g/mol. The molecule has 8 heteroatoms. The Labute approximate surface area is 131 Å². The van der Waals surface area contributed by atoms with Crippen molar-refractivity contribution >= 4 is 17.4 Å². The number of hydrogen-bond acceptors (Lipinski definition) is 5. The quantitative estimate of drug-likeness (QED) is 0.682. The summed E-state index contributed by atoms with van der Waals surface area (Å²) in [7, 11) is 0. The SMILES string of the molecule is Cc1ccc([N+](=O)[O-])cc1-n1nc(C(N)=O)c2c1CCCC2=O. The topological polar surface area (TPSA) is 121 Å². The van der Waals surface area contributed by atoms with Gasteiger partial charge in [0.25, 0.3) is 11.6 Å². The van der Waals surface area contributed by atoms with E-state index in [9.17, 15) is 19.7 Å². The molecule has 0 fully saturated rings. The third kappa shape index (κ3) is 2.37. The average Bonchev–Trinajstić information content (AvgIpc) is 2.88. The molecule has 1 amide bonds. The molecule has 1 aromatic carbocycles. The summed E-state index contributed by atoms with van der Waals surface area (Å²) in [5, 5.41) is 15.2. The molecule has 1 aliphatic carbocycles. The number of amides is 1. The molecule has 1 aliphatic rings. The lowest BCUT2D eigenvalue weighted by Crippen LogP contribution is -2.18. The minimum Gasteiger partial charge on any atom is -0.364 e. The molecule has 0 saturated heterocycles. The summed E-state index contributed by atoms with van der Waals surface area (Å²) in [5.74, 6) is -0.951. The normalized spacial score (nSPS) is 13.7. The van der Waals surface area contributed by atoms with Crippen LogP contribution in [0.15, 0.2) is 18.2 Å². The van der Waals surface area contributed by atoms with Crippen molar-refractivity contribution < 1.29 is 14.5 Å². The number of aromatic nitrogens is 2. The second kappa shape index (κ2) is 5.31. The first-order valence-corrected chi connectivity index (χ1v) is 7.10. The number of Topliss-reactive ketones (excluding diaryl/α,β-unsaturated/α-hetero) is 1. The van der Waals surface area contributed by atoms with E-state index >= 15 is 0 Å². The van der Waals surface area contributed by atoms with Gasteiger partial charge in [0.15, 0.2) is 11.5 Å². The minimum absolute atomic E-state index is 0.0735. The highest BCUT2D eigenvalue weighted by molar-refractivity contribution is 6.08. The molecule has 0 radical (unpaired) electrons. The zero-order chi connectivity index (χ0) is 16.7. The Morgan fingerprint density at radius 1 is 1.39 bits per heavy atom. The van der Waals surface area contributed by atoms with Crippen LogP contribution in [0.3, 0.4) is 0 Å². The Balaban J connectivity index is 2.27. The van der Waals surface area contributed by atoms with Gasteiger partial charge in [0.05, 0.1) is 21.9 Å². The van der Waals surface area contributed by atoms with Gasteiger partial charge in [0, 0.05) is 18.6 Å². The van der Waals surface area contributed by atoms with E-state index in [-0.39, 0.29) is 22.7 Å². The summed E-state index contributed by atoms with van der Waals surface area (Å²) in [4.78, 5) is 34.3. The van der Waals surface area contributed by atoms with Gasteiger partial charge in [0.2, 0.25) is 0 Å². The Morgan fingerprint density at radius 3 is 2.78 bits per heavy atom. The highest BCUT2D eigenvalue weighted by Gasteiger charge is 2.30. The average molecular weight is 314 g/mol. The van der Waals surface area contributed by atoms with Crippen molar-refractivity contribution in [2.24, 2.45) is 5.73 Å². The Morgan fingerprint density at radius 2 is 2.13 bits per heavy atom. The first-order valence-electron chi connectivity index (χ1n) is 7.10. The summed E-state index contributed by atoms with van der Waals surface area (Å²) in [5.41, 5.74) is 7.22. The number of carbonyl (C=O) groups is 2. The smallest absolute Gasteiger partial charge is 0.271 e. The maximum atomic E-state index is 12.1. The minimum atomic E-state index is -0.779. The van der Waals surface area contributed by atoms with E-state index in [2.05, 4.69) is 5.10 Å². The summed E-state index contributed by atoms with van der Waals surface area (Å²) in [6, 6.07) is 4.39. The van der Waals surface area contributed by atoms with Crippen LogP contribution in [0.1, 0.15) is 44.9 Å². The molecule has 0 atom stereocenters. The zero-order valence-electron chi connectivity index (χ0n) is 12.4. The summed E-state index contributed by atoms with van der Waals surface area (Å²) in [6.07, 6.45) is 1.54. The number of nitro groups is 1. The van der Waals surface area contributed by atoms with Crippen LogP contribution in [0.25, 0.3) is 5.69 Å². The fourth-order valence-corrected chi connectivity index (χ4v) is 2.83. The van der Waals surface area contributed by atoms with Crippen LogP contribution >= 0.6 is 0 Å². The molecule has 0 aliphatic heterocycles. The molecule has 1 heterocycles. The molecule has 118 valence electrons. The molecule has 0 saturated carbocycles. The van der Waals surface area contributed by atoms with E-state index in [0.29, 0.717) is 30.6 Å². The van der Waals surface area contributed by atoms with Gasteiger partial charge < -0.3 is 5.73 Å². The van der Waals surface area contributed by atoms with Gasteiger partial charge in [-0.25, -0.2) is 4.68 Å². The highest BCUT2D eigenvalue weighted by atomic mass is 16.6. The lowest BCUT2D eigenvalue weighted by Gasteiger charge is -2.14. The molecular formula is C15H14N4O4. The van der Waals surface area contributed by atoms with Crippen molar-refractivity contribution in [3.8, 4) is 5.69 Å². The van der Waals surface area contributed by atoms with Gasteiger partial charge in [-0.1, -0.05) is 6.07 Å². The Kier molecular flexibility index (Phi) is 3.44. The number of carbonyl (C=O) groups excluding carboxylic acids is 2. The van der Waals surface area contributed by atoms with Gasteiger partial charge in [-0.05, 0) is 25.3 Å². The first kappa shape index (κ1) is 14.9. The maximum Gasteiger partial charge on any atom is 0.271 e. The molecule has 0 spiro atoms. The number of ketones is 1. The van der Waals surface area contributed by atoms with Crippen molar-refractivity contribution in [1.29, 1.82) is 0 Å². The third-order valence-corrected chi connectivity index (χ3v) is 3.94. The van der Waals surface area contributed by atoms with Crippen molar-refractivity contribution in [1.82, 2.24) is 9.78 Å². The third-order valence-electron chi connectivity index (χ3n) is 3.94. The number of rotatable bonds is 3. The summed E-state index contributed by atoms with van der Waals surface area (Å²) < 4.78 is 1.44. The summed E-state index contributed by atoms with van der Waals surface area (Å²) >= 11 is 0. The number of aryl methyl sites for hydroxylation is 1. The first-order chi connectivity index (χ1) is 10.9. The Hall–Kier alpha value is -3.03. The van der Waals surface area contributed by atoms with Gasteiger partial charge in [-0.3, -0.25) is 19.7 Å². The van der Waals surface area contributed by atoms with Crippen LogP contribution in [0, 0.1) is 17.0 Å². The summed E-state index contributed by atoms with van der Waals surface area (Å²) in [6.45, 7) is 1.78. The number of hydrogen-bond donors (Lipinski definition) is 1. The largest absolute Gasteiger partial charge is 0.364 e. The molecule has 3 rings (SSSR count). The van der Waals surface area contributed by atoms with Crippen LogP contribution < -0.4 is 5.73 Å². The van der Waals surface area contributed by atoms with Crippen molar-refractivity contribution in [2.45, 2.75) is 26.2 Å². The number of non-ortho nitro benzene ring substituents is 1. The maximum absolute atomic E-state index is 12.1. The fraction of sp³-hybridized carbons (Fsp3) is 0.267. The van der Waals surface area contributed by atoms with Crippen LogP contribution in [-0.2, 0) is 6.42 Å².